The number of aromatic nitrogens is 1. The molecule has 0 saturated carbocycles. The molecule has 3 nitrogen and oxygen atoms in total. The van der Waals surface area contributed by atoms with Crippen molar-refractivity contribution in [3.8, 4) is 0 Å². The van der Waals surface area contributed by atoms with Crippen molar-refractivity contribution in [3.05, 3.63) is 18.4 Å². The molecular formula is C9H12N2O. The number of piperidine rings is 2. The maximum absolute atomic E-state index is 5.38. The number of rotatable bonds is 1. The molecule has 0 N–H and O–H groups in total. The van der Waals surface area contributed by atoms with Gasteiger partial charge in [0.05, 0.1) is 11.6 Å². The van der Waals surface area contributed by atoms with Gasteiger partial charge < -0.3 is 9.32 Å². The molecule has 0 aromatic carbocycles. The summed E-state index contributed by atoms with van der Waals surface area (Å²) in [5.74, 6) is 1.10. The van der Waals surface area contributed by atoms with Gasteiger partial charge in [-0.3, -0.25) is 0 Å². The van der Waals surface area contributed by atoms with Crippen molar-refractivity contribution in [1.82, 2.24) is 9.88 Å². The van der Waals surface area contributed by atoms with E-state index >= 15 is 0 Å². The highest BCUT2D eigenvalue weighted by Crippen LogP contribution is 2.42. The second kappa shape index (κ2) is 2.10. The van der Waals surface area contributed by atoms with Gasteiger partial charge >= 0.3 is 0 Å². The van der Waals surface area contributed by atoms with Gasteiger partial charge in [0, 0.05) is 13.1 Å². The fourth-order valence-corrected chi connectivity index (χ4v) is 2.52. The fraction of sp³-hybridized carbons (Fsp3) is 0.667. The van der Waals surface area contributed by atoms with E-state index in [1.807, 2.05) is 6.20 Å². The minimum atomic E-state index is 0.342. The van der Waals surface area contributed by atoms with Crippen LogP contribution in [0.5, 0.6) is 0 Å². The number of fused-ring (bicyclic) bond motifs is 2. The van der Waals surface area contributed by atoms with Crippen LogP contribution in [0.1, 0.15) is 18.6 Å². The van der Waals surface area contributed by atoms with Gasteiger partial charge in [-0.05, 0) is 19.4 Å². The summed E-state index contributed by atoms with van der Waals surface area (Å²) < 4.78 is 5.38. The second-order valence-corrected chi connectivity index (χ2v) is 3.96. The zero-order chi connectivity index (χ0) is 8.02. The molecule has 3 fully saturated rings. The average molecular weight is 164 g/mol. The summed E-state index contributed by atoms with van der Waals surface area (Å²) in [6.07, 6.45) is 6.00. The Morgan fingerprint density at radius 1 is 1.50 bits per heavy atom. The van der Waals surface area contributed by atoms with Crippen LogP contribution < -0.4 is 0 Å². The van der Waals surface area contributed by atoms with Crippen LogP contribution in [0.4, 0.5) is 0 Å². The van der Waals surface area contributed by atoms with Crippen molar-refractivity contribution in [1.29, 1.82) is 0 Å². The minimum absolute atomic E-state index is 0.342. The predicted molar refractivity (Wildman–Crippen MR) is 43.9 cm³/mol. The SMILES string of the molecule is c1ncc(C23CCCN(C2)C3)o1. The smallest absolute Gasteiger partial charge is 0.180 e. The monoisotopic (exact) mass is 164 g/mol. The number of hydrogen-bond donors (Lipinski definition) is 0. The van der Waals surface area contributed by atoms with Crippen LogP contribution in [0, 0.1) is 0 Å². The summed E-state index contributed by atoms with van der Waals surface area (Å²) in [6, 6.07) is 0. The van der Waals surface area contributed by atoms with Crippen molar-refractivity contribution in [2.24, 2.45) is 0 Å². The first kappa shape index (κ1) is 6.66. The van der Waals surface area contributed by atoms with E-state index in [1.54, 1.807) is 6.39 Å². The van der Waals surface area contributed by atoms with Crippen LogP contribution in [0.25, 0.3) is 0 Å². The van der Waals surface area contributed by atoms with Gasteiger partial charge in [-0.1, -0.05) is 0 Å². The second-order valence-electron chi connectivity index (χ2n) is 3.96. The largest absolute Gasteiger partial charge is 0.448 e. The Kier molecular flexibility index (Phi) is 1.17. The first-order valence-corrected chi connectivity index (χ1v) is 4.50. The van der Waals surface area contributed by atoms with Gasteiger partial charge in [0.1, 0.15) is 5.76 Å². The van der Waals surface area contributed by atoms with E-state index in [4.69, 9.17) is 4.42 Å². The molecule has 64 valence electrons. The Balaban J connectivity index is 1.93. The van der Waals surface area contributed by atoms with E-state index in [9.17, 15) is 0 Å². The van der Waals surface area contributed by atoms with Crippen molar-refractivity contribution >= 4 is 0 Å². The lowest BCUT2D eigenvalue weighted by molar-refractivity contribution is -0.0000447. The first-order chi connectivity index (χ1) is 5.89. The van der Waals surface area contributed by atoms with Crippen molar-refractivity contribution < 1.29 is 4.42 Å². The van der Waals surface area contributed by atoms with Crippen LogP contribution in [0.2, 0.25) is 0 Å². The Hall–Kier alpha value is -0.830. The van der Waals surface area contributed by atoms with E-state index in [2.05, 4.69) is 9.88 Å². The van der Waals surface area contributed by atoms with Crippen LogP contribution in [0.15, 0.2) is 17.0 Å². The summed E-state index contributed by atoms with van der Waals surface area (Å²) in [5, 5.41) is 0. The molecule has 3 heteroatoms. The lowest BCUT2D eigenvalue weighted by Gasteiger charge is -2.53. The van der Waals surface area contributed by atoms with E-state index in [-0.39, 0.29) is 0 Å². The van der Waals surface area contributed by atoms with Crippen molar-refractivity contribution in [2.45, 2.75) is 18.3 Å². The molecule has 4 heterocycles. The lowest BCUT2D eigenvalue weighted by atomic mass is 9.71. The summed E-state index contributed by atoms with van der Waals surface area (Å²) in [5.41, 5.74) is 0.342. The normalized spacial score (nSPS) is 39.2. The third kappa shape index (κ3) is 0.719. The zero-order valence-electron chi connectivity index (χ0n) is 6.99. The third-order valence-electron chi connectivity index (χ3n) is 3.14. The quantitative estimate of drug-likeness (QED) is 0.620. The Morgan fingerprint density at radius 2 is 2.42 bits per heavy atom. The summed E-state index contributed by atoms with van der Waals surface area (Å²) in [7, 11) is 0. The topological polar surface area (TPSA) is 29.3 Å². The number of nitrogens with zero attached hydrogens (tertiary/aromatic N) is 2. The van der Waals surface area contributed by atoms with Crippen LogP contribution in [-0.2, 0) is 5.41 Å². The van der Waals surface area contributed by atoms with Crippen LogP contribution in [-0.4, -0.2) is 29.5 Å². The van der Waals surface area contributed by atoms with Crippen LogP contribution in [0.3, 0.4) is 0 Å². The van der Waals surface area contributed by atoms with Gasteiger partial charge in [-0.2, -0.15) is 0 Å². The third-order valence-corrected chi connectivity index (χ3v) is 3.14. The fourth-order valence-electron chi connectivity index (χ4n) is 2.52. The maximum atomic E-state index is 5.38. The Morgan fingerprint density at radius 3 is 3.00 bits per heavy atom. The molecule has 3 aliphatic rings. The van der Waals surface area contributed by atoms with E-state index in [0.717, 1.165) is 5.76 Å². The molecular weight excluding hydrogens is 152 g/mol. The van der Waals surface area contributed by atoms with Crippen molar-refractivity contribution in [2.75, 3.05) is 19.6 Å². The molecule has 2 bridgehead atoms. The van der Waals surface area contributed by atoms with Crippen LogP contribution >= 0.6 is 0 Å². The van der Waals surface area contributed by atoms with Gasteiger partial charge in [0.25, 0.3) is 0 Å². The maximum Gasteiger partial charge on any atom is 0.180 e. The Labute approximate surface area is 71.4 Å². The van der Waals surface area contributed by atoms with Gasteiger partial charge in [0.15, 0.2) is 6.39 Å². The molecule has 0 spiro atoms. The summed E-state index contributed by atoms with van der Waals surface area (Å²) >= 11 is 0. The number of hydrogen-bond acceptors (Lipinski definition) is 3. The lowest BCUT2D eigenvalue weighted by Crippen LogP contribution is -2.62. The van der Waals surface area contributed by atoms with E-state index < -0.39 is 0 Å². The van der Waals surface area contributed by atoms with Gasteiger partial charge in [-0.25, -0.2) is 4.98 Å². The van der Waals surface area contributed by atoms with Crippen molar-refractivity contribution in [3.63, 3.8) is 0 Å². The van der Waals surface area contributed by atoms with E-state index in [1.165, 1.54) is 32.5 Å². The first-order valence-electron chi connectivity index (χ1n) is 4.50. The number of oxazole rings is 1. The van der Waals surface area contributed by atoms with Gasteiger partial charge in [-0.15, -0.1) is 0 Å². The Bertz CT molecular complexity index is 269. The molecule has 1 aromatic heterocycles. The molecule has 3 saturated heterocycles. The summed E-state index contributed by atoms with van der Waals surface area (Å²) in [6.45, 7) is 3.64. The molecule has 0 amide bonds. The molecule has 0 unspecified atom stereocenters. The zero-order valence-corrected chi connectivity index (χ0v) is 6.99. The molecule has 0 atom stereocenters. The highest BCUT2D eigenvalue weighted by Gasteiger charge is 2.49. The molecule has 1 aromatic rings. The molecule has 3 aliphatic heterocycles. The highest BCUT2D eigenvalue weighted by molar-refractivity contribution is 5.20. The molecule has 0 radical (unpaired) electrons. The predicted octanol–water partition coefficient (Wildman–Crippen LogP) is 1.02. The molecule has 0 aliphatic carbocycles. The average Bonchev–Trinajstić information content (AvgIpc) is 2.55. The molecule has 4 rings (SSSR count). The van der Waals surface area contributed by atoms with E-state index in [0.29, 0.717) is 5.41 Å². The molecule has 12 heavy (non-hydrogen) atoms. The highest BCUT2D eigenvalue weighted by atomic mass is 16.3. The minimum Gasteiger partial charge on any atom is -0.448 e. The van der Waals surface area contributed by atoms with Gasteiger partial charge in [0.2, 0.25) is 0 Å². The standard InChI is InChI=1S/C9H12N2O/c1-2-9(5-11(3-1)6-9)8-4-10-7-12-8/h4,7H,1-3,5-6H2. The summed E-state index contributed by atoms with van der Waals surface area (Å²) in [4.78, 5) is 6.46.